The third-order valence-electron chi connectivity index (χ3n) is 3.59. The monoisotopic (exact) mass is 304 g/mol. The van der Waals surface area contributed by atoms with E-state index < -0.39 is 0 Å². The van der Waals surface area contributed by atoms with E-state index in [4.69, 9.17) is 4.74 Å². The zero-order valence-corrected chi connectivity index (χ0v) is 13.2. The lowest BCUT2D eigenvalue weighted by molar-refractivity contribution is 0.415. The van der Waals surface area contributed by atoms with Gasteiger partial charge in [-0.3, -0.25) is 0 Å². The summed E-state index contributed by atoms with van der Waals surface area (Å²) in [5, 5.41) is 17.5. The molecule has 0 unspecified atom stereocenters. The van der Waals surface area contributed by atoms with Crippen molar-refractivity contribution in [1.82, 2.24) is 15.0 Å². The van der Waals surface area contributed by atoms with Crippen LogP contribution in [0.2, 0.25) is 0 Å². The summed E-state index contributed by atoms with van der Waals surface area (Å²) in [5.41, 5.74) is 5.01. The quantitative estimate of drug-likeness (QED) is 0.743. The molecular formula is C18H16N4O. The van der Waals surface area contributed by atoms with Crippen LogP contribution in [-0.4, -0.2) is 22.1 Å². The molecule has 0 aliphatic rings. The van der Waals surface area contributed by atoms with Crippen molar-refractivity contribution in [2.24, 2.45) is 0 Å². The van der Waals surface area contributed by atoms with Crippen LogP contribution in [-0.2, 0) is 0 Å². The summed E-state index contributed by atoms with van der Waals surface area (Å²) in [7, 11) is 1.62. The Kier molecular flexibility index (Phi) is 3.82. The molecule has 0 bridgehead atoms. The number of benzene rings is 2. The summed E-state index contributed by atoms with van der Waals surface area (Å²) in [4.78, 5) is 0. The van der Waals surface area contributed by atoms with Crippen molar-refractivity contribution in [2.75, 3.05) is 7.11 Å². The van der Waals surface area contributed by atoms with Crippen LogP contribution in [0.5, 0.6) is 5.75 Å². The summed E-state index contributed by atoms with van der Waals surface area (Å²) in [6, 6.07) is 15.8. The highest BCUT2D eigenvalue weighted by Crippen LogP contribution is 2.27. The average molecular weight is 304 g/mol. The van der Waals surface area contributed by atoms with Crippen LogP contribution in [0.4, 0.5) is 0 Å². The molecule has 5 nitrogen and oxygen atoms in total. The minimum absolute atomic E-state index is 0.300. The maximum absolute atomic E-state index is 9.36. The molecule has 0 aliphatic heterocycles. The van der Waals surface area contributed by atoms with Crippen molar-refractivity contribution in [3.8, 4) is 28.8 Å². The number of rotatable bonds is 3. The summed E-state index contributed by atoms with van der Waals surface area (Å²) in [6.07, 6.45) is 0. The van der Waals surface area contributed by atoms with E-state index in [1.807, 2.05) is 50.2 Å². The zero-order chi connectivity index (χ0) is 16.4. The lowest BCUT2D eigenvalue weighted by atomic mass is 10.1. The molecule has 0 fully saturated rings. The first kappa shape index (κ1) is 14.8. The Morgan fingerprint density at radius 3 is 2.26 bits per heavy atom. The van der Waals surface area contributed by atoms with Gasteiger partial charge in [-0.15, -0.1) is 5.10 Å². The van der Waals surface area contributed by atoms with E-state index in [9.17, 15) is 5.26 Å². The van der Waals surface area contributed by atoms with Gasteiger partial charge < -0.3 is 4.74 Å². The lowest BCUT2D eigenvalue weighted by Crippen LogP contribution is -2.01. The number of hydrogen-bond donors (Lipinski definition) is 0. The van der Waals surface area contributed by atoms with E-state index in [2.05, 4.69) is 22.4 Å². The Morgan fingerprint density at radius 2 is 1.70 bits per heavy atom. The third kappa shape index (κ3) is 2.79. The molecular weight excluding hydrogens is 288 g/mol. The van der Waals surface area contributed by atoms with Crippen molar-refractivity contribution >= 4 is 0 Å². The molecule has 1 aromatic heterocycles. The van der Waals surface area contributed by atoms with Gasteiger partial charge in [0.2, 0.25) is 0 Å². The smallest absolute Gasteiger partial charge is 0.191 e. The van der Waals surface area contributed by atoms with Gasteiger partial charge in [-0.05, 0) is 61.4 Å². The van der Waals surface area contributed by atoms with Crippen LogP contribution < -0.4 is 4.74 Å². The molecule has 0 atom stereocenters. The van der Waals surface area contributed by atoms with Crippen LogP contribution >= 0.6 is 0 Å². The first-order valence-corrected chi connectivity index (χ1v) is 7.21. The molecule has 23 heavy (non-hydrogen) atoms. The predicted molar refractivity (Wildman–Crippen MR) is 87.5 cm³/mol. The van der Waals surface area contributed by atoms with Crippen LogP contribution in [0.3, 0.4) is 0 Å². The summed E-state index contributed by atoms with van der Waals surface area (Å²) < 4.78 is 6.90. The molecule has 5 heteroatoms. The maximum Gasteiger partial charge on any atom is 0.191 e. The maximum atomic E-state index is 9.36. The Morgan fingerprint density at radius 1 is 1.04 bits per heavy atom. The van der Waals surface area contributed by atoms with E-state index >= 15 is 0 Å². The number of aromatic nitrogens is 3. The van der Waals surface area contributed by atoms with Gasteiger partial charge in [0.25, 0.3) is 0 Å². The minimum Gasteiger partial charge on any atom is -0.497 e. The van der Waals surface area contributed by atoms with Gasteiger partial charge in [-0.2, -0.15) is 5.26 Å². The fraction of sp³-hybridized carbons (Fsp3) is 0.167. The van der Waals surface area contributed by atoms with E-state index in [1.165, 1.54) is 0 Å². The van der Waals surface area contributed by atoms with Crippen molar-refractivity contribution in [1.29, 1.82) is 5.26 Å². The van der Waals surface area contributed by atoms with Gasteiger partial charge in [0.1, 0.15) is 17.5 Å². The Balaban J connectivity index is 2.19. The normalized spacial score (nSPS) is 10.3. The van der Waals surface area contributed by atoms with Gasteiger partial charge in [-0.25, -0.2) is 4.68 Å². The van der Waals surface area contributed by atoms with E-state index in [-0.39, 0.29) is 0 Å². The molecule has 114 valence electrons. The molecule has 0 amide bonds. The van der Waals surface area contributed by atoms with E-state index in [0.29, 0.717) is 11.4 Å². The van der Waals surface area contributed by atoms with Crippen LogP contribution in [0.15, 0.2) is 42.5 Å². The highest BCUT2D eigenvalue weighted by atomic mass is 16.5. The van der Waals surface area contributed by atoms with Crippen LogP contribution in [0, 0.1) is 25.2 Å². The van der Waals surface area contributed by atoms with Gasteiger partial charge in [0, 0.05) is 5.56 Å². The topological polar surface area (TPSA) is 63.7 Å². The van der Waals surface area contributed by atoms with Crippen molar-refractivity contribution < 1.29 is 4.74 Å². The standard InChI is InChI=1S/C18H16N4O/c1-12-8-13(2)10-15(9-12)22-18(17(11-19)20-21-22)14-4-6-16(23-3)7-5-14/h4-10H,1-3H3. The highest BCUT2D eigenvalue weighted by Gasteiger charge is 2.16. The Bertz CT molecular complexity index is 868. The molecule has 0 radical (unpaired) electrons. The summed E-state index contributed by atoms with van der Waals surface area (Å²) in [5.74, 6) is 0.762. The highest BCUT2D eigenvalue weighted by molar-refractivity contribution is 5.67. The number of hydrogen-bond acceptors (Lipinski definition) is 4. The van der Waals surface area contributed by atoms with Crippen LogP contribution in [0.25, 0.3) is 16.9 Å². The first-order valence-electron chi connectivity index (χ1n) is 7.21. The van der Waals surface area contributed by atoms with Gasteiger partial charge >= 0.3 is 0 Å². The SMILES string of the molecule is COc1ccc(-c2c(C#N)nnn2-c2cc(C)cc(C)c2)cc1. The van der Waals surface area contributed by atoms with Crippen molar-refractivity contribution in [2.45, 2.75) is 13.8 Å². The summed E-state index contributed by atoms with van der Waals surface area (Å²) in [6.45, 7) is 4.07. The van der Waals surface area contributed by atoms with E-state index in [1.54, 1.807) is 11.8 Å². The minimum atomic E-state index is 0.300. The number of methoxy groups -OCH3 is 1. The summed E-state index contributed by atoms with van der Waals surface area (Å²) >= 11 is 0. The molecule has 3 rings (SSSR count). The molecule has 0 saturated carbocycles. The fourth-order valence-electron chi connectivity index (χ4n) is 2.62. The average Bonchev–Trinajstić information content (AvgIpc) is 2.98. The van der Waals surface area contributed by atoms with Gasteiger partial charge in [0.15, 0.2) is 5.69 Å². The number of nitriles is 1. The second-order valence-electron chi connectivity index (χ2n) is 5.38. The van der Waals surface area contributed by atoms with Gasteiger partial charge in [-0.1, -0.05) is 11.3 Å². The Hall–Kier alpha value is -3.13. The molecule has 0 N–H and O–H groups in total. The largest absolute Gasteiger partial charge is 0.497 e. The number of aryl methyl sites for hydroxylation is 2. The van der Waals surface area contributed by atoms with Gasteiger partial charge in [0.05, 0.1) is 12.8 Å². The molecule has 3 aromatic rings. The van der Waals surface area contributed by atoms with Crippen molar-refractivity contribution in [3.63, 3.8) is 0 Å². The Labute approximate surface area is 134 Å². The van der Waals surface area contributed by atoms with E-state index in [0.717, 1.165) is 28.1 Å². The molecule has 0 saturated heterocycles. The molecule has 0 spiro atoms. The van der Waals surface area contributed by atoms with Crippen LogP contribution in [0.1, 0.15) is 16.8 Å². The third-order valence-corrected chi connectivity index (χ3v) is 3.59. The number of nitrogens with zero attached hydrogens (tertiary/aromatic N) is 4. The second kappa shape index (κ2) is 5.93. The lowest BCUT2D eigenvalue weighted by Gasteiger charge is -2.09. The zero-order valence-electron chi connectivity index (χ0n) is 13.2. The second-order valence-corrected chi connectivity index (χ2v) is 5.38. The molecule has 1 heterocycles. The predicted octanol–water partition coefficient (Wildman–Crippen LogP) is 3.43. The molecule has 2 aromatic carbocycles. The number of ether oxygens (including phenoxy) is 1. The molecule has 0 aliphatic carbocycles. The fourth-order valence-corrected chi connectivity index (χ4v) is 2.62. The van der Waals surface area contributed by atoms with Crippen molar-refractivity contribution in [3.05, 3.63) is 59.3 Å². The first-order chi connectivity index (χ1) is 11.1.